The van der Waals surface area contributed by atoms with Gasteiger partial charge in [-0.05, 0) is 32.7 Å². The van der Waals surface area contributed by atoms with Gasteiger partial charge in [0.05, 0.1) is 6.07 Å². The van der Waals surface area contributed by atoms with Gasteiger partial charge in [-0.15, -0.1) is 0 Å². The van der Waals surface area contributed by atoms with Crippen molar-refractivity contribution >= 4 is 0 Å². The molecule has 84 valence electrons. The first-order valence-corrected chi connectivity index (χ1v) is 6.15. The van der Waals surface area contributed by atoms with E-state index in [9.17, 15) is 0 Å². The molecule has 0 amide bonds. The van der Waals surface area contributed by atoms with Crippen molar-refractivity contribution < 1.29 is 0 Å². The molecule has 2 fully saturated rings. The van der Waals surface area contributed by atoms with Crippen LogP contribution < -0.4 is 5.32 Å². The first kappa shape index (κ1) is 10.9. The second-order valence-corrected chi connectivity index (χ2v) is 5.00. The van der Waals surface area contributed by atoms with Crippen molar-refractivity contribution in [1.82, 2.24) is 10.2 Å². The van der Waals surface area contributed by atoms with Crippen molar-refractivity contribution in [2.24, 2.45) is 0 Å². The van der Waals surface area contributed by atoms with E-state index in [0.29, 0.717) is 6.04 Å². The Labute approximate surface area is 92.4 Å². The average molecular weight is 207 g/mol. The molecule has 2 saturated carbocycles. The fourth-order valence-electron chi connectivity index (χ4n) is 2.45. The Morgan fingerprint density at radius 3 is 2.53 bits per heavy atom. The lowest BCUT2D eigenvalue weighted by Gasteiger charge is -2.26. The van der Waals surface area contributed by atoms with Crippen LogP contribution in [0.2, 0.25) is 0 Å². The third-order valence-electron chi connectivity index (χ3n) is 3.59. The van der Waals surface area contributed by atoms with E-state index >= 15 is 0 Å². The molecule has 0 spiro atoms. The molecule has 0 radical (unpaired) electrons. The first-order chi connectivity index (χ1) is 7.29. The second-order valence-electron chi connectivity index (χ2n) is 5.00. The monoisotopic (exact) mass is 207 g/mol. The van der Waals surface area contributed by atoms with Crippen LogP contribution in [0.15, 0.2) is 0 Å². The summed E-state index contributed by atoms with van der Waals surface area (Å²) < 4.78 is 0. The third-order valence-corrected chi connectivity index (χ3v) is 3.59. The molecule has 15 heavy (non-hydrogen) atoms. The lowest BCUT2D eigenvalue weighted by Crippen LogP contribution is -2.42. The van der Waals surface area contributed by atoms with E-state index in [1.807, 2.05) is 0 Å². The molecule has 2 rings (SSSR count). The predicted molar refractivity (Wildman–Crippen MR) is 60.4 cm³/mol. The minimum Gasteiger partial charge on any atom is -0.301 e. The van der Waals surface area contributed by atoms with Crippen LogP contribution >= 0.6 is 0 Å². The Morgan fingerprint density at radius 2 is 2.00 bits per heavy atom. The summed E-state index contributed by atoms with van der Waals surface area (Å²) in [6, 6.07) is 3.76. The smallest absolute Gasteiger partial charge is 0.108 e. The Morgan fingerprint density at radius 1 is 1.33 bits per heavy atom. The molecule has 0 aromatic heterocycles. The van der Waals surface area contributed by atoms with Crippen LogP contribution in [0.4, 0.5) is 0 Å². The minimum absolute atomic E-state index is 0.0306. The molecular weight excluding hydrogens is 186 g/mol. The van der Waals surface area contributed by atoms with Crippen molar-refractivity contribution in [3.8, 4) is 6.07 Å². The Kier molecular flexibility index (Phi) is 3.61. The van der Waals surface area contributed by atoms with Crippen LogP contribution in [0.5, 0.6) is 0 Å². The van der Waals surface area contributed by atoms with Gasteiger partial charge in [-0.3, -0.25) is 5.32 Å². The lowest BCUT2D eigenvalue weighted by molar-refractivity contribution is 0.231. The maximum Gasteiger partial charge on any atom is 0.108 e. The van der Waals surface area contributed by atoms with Crippen molar-refractivity contribution in [2.75, 3.05) is 13.6 Å². The number of nitrogens with one attached hydrogen (secondary N) is 1. The minimum atomic E-state index is 0.0306. The summed E-state index contributed by atoms with van der Waals surface area (Å²) in [5.41, 5.74) is 0. The summed E-state index contributed by atoms with van der Waals surface area (Å²) >= 11 is 0. The fourth-order valence-corrected chi connectivity index (χ4v) is 2.45. The summed E-state index contributed by atoms with van der Waals surface area (Å²) in [7, 11) is 2.16. The molecular formula is C12H21N3. The molecule has 0 saturated heterocycles. The lowest BCUT2D eigenvalue weighted by atomic mass is 10.2. The summed E-state index contributed by atoms with van der Waals surface area (Å²) in [4.78, 5) is 2.37. The SMILES string of the molecule is CN(CC(C#N)NC1CC1)C1CCCC1. The van der Waals surface area contributed by atoms with E-state index < -0.39 is 0 Å². The quantitative estimate of drug-likeness (QED) is 0.742. The van der Waals surface area contributed by atoms with Crippen LogP contribution in [0, 0.1) is 11.3 Å². The molecule has 2 aliphatic carbocycles. The highest BCUT2D eigenvalue weighted by atomic mass is 15.2. The molecule has 1 N–H and O–H groups in total. The molecule has 0 aromatic carbocycles. The van der Waals surface area contributed by atoms with Gasteiger partial charge in [0.1, 0.15) is 6.04 Å². The van der Waals surface area contributed by atoms with Crippen LogP contribution in [-0.2, 0) is 0 Å². The van der Waals surface area contributed by atoms with Crippen molar-refractivity contribution in [1.29, 1.82) is 5.26 Å². The normalized spacial score (nSPS) is 24.3. The number of nitriles is 1. The molecule has 3 heteroatoms. The molecule has 1 atom stereocenters. The van der Waals surface area contributed by atoms with E-state index in [4.69, 9.17) is 5.26 Å². The van der Waals surface area contributed by atoms with E-state index in [0.717, 1.165) is 12.6 Å². The number of rotatable bonds is 5. The van der Waals surface area contributed by atoms with Crippen molar-refractivity contribution in [3.63, 3.8) is 0 Å². The first-order valence-electron chi connectivity index (χ1n) is 6.15. The highest BCUT2D eigenvalue weighted by Crippen LogP contribution is 2.23. The zero-order chi connectivity index (χ0) is 10.7. The standard InChI is InChI=1S/C12H21N3/c1-15(12-4-2-3-5-12)9-11(8-13)14-10-6-7-10/h10-12,14H,2-7,9H2,1H3. The Hall–Kier alpha value is -0.590. The largest absolute Gasteiger partial charge is 0.301 e. The summed E-state index contributed by atoms with van der Waals surface area (Å²) in [6.45, 7) is 0.887. The Balaban J connectivity index is 1.74. The van der Waals surface area contributed by atoms with E-state index in [-0.39, 0.29) is 6.04 Å². The third kappa shape index (κ3) is 3.19. The number of likely N-dealkylation sites (N-methyl/N-ethyl adjacent to an activating group) is 1. The van der Waals surface area contributed by atoms with Gasteiger partial charge in [0.15, 0.2) is 0 Å². The highest BCUT2D eigenvalue weighted by molar-refractivity contribution is 4.97. The van der Waals surface area contributed by atoms with Crippen LogP contribution in [0.25, 0.3) is 0 Å². The number of hydrogen-bond acceptors (Lipinski definition) is 3. The van der Waals surface area contributed by atoms with E-state index in [2.05, 4.69) is 23.3 Å². The zero-order valence-electron chi connectivity index (χ0n) is 9.58. The molecule has 0 aromatic rings. The van der Waals surface area contributed by atoms with Gasteiger partial charge in [0, 0.05) is 18.6 Å². The highest BCUT2D eigenvalue weighted by Gasteiger charge is 2.27. The van der Waals surface area contributed by atoms with Gasteiger partial charge in [-0.1, -0.05) is 12.8 Å². The maximum absolute atomic E-state index is 9.06. The van der Waals surface area contributed by atoms with Gasteiger partial charge in [0.2, 0.25) is 0 Å². The fraction of sp³-hybridized carbons (Fsp3) is 0.917. The topological polar surface area (TPSA) is 39.1 Å². The molecule has 3 nitrogen and oxygen atoms in total. The Bertz CT molecular complexity index is 236. The maximum atomic E-state index is 9.06. The summed E-state index contributed by atoms with van der Waals surface area (Å²) in [6.07, 6.45) is 7.87. The molecule has 0 aliphatic heterocycles. The zero-order valence-corrected chi connectivity index (χ0v) is 9.58. The van der Waals surface area contributed by atoms with Crippen LogP contribution in [-0.4, -0.2) is 36.6 Å². The van der Waals surface area contributed by atoms with Gasteiger partial charge in [0.25, 0.3) is 0 Å². The summed E-state index contributed by atoms with van der Waals surface area (Å²) in [5, 5.41) is 12.4. The van der Waals surface area contributed by atoms with Gasteiger partial charge < -0.3 is 4.90 Å². The predicted octanol–water partition coefficient (Wildman–Crippen LogP) is 1.50. The van der Waals surface area contributed by atoms with Crippen molar-refractivity contribution in [3.05, 3.63) is 0 Å². The van der Waals surface area contributed by atoms with Crippen LogP contribution in [0.1, 0.15) is 38.5 Å². The van der Waals surface area contributed by atoms with Gasteiger partial charge in [-0.25, -0.2) is 0 Å². The van der Waals surface area contributed by atoms with Crippen molar-refractivity contribution in [2.45, 2.75) is 56.7 Å². The summed E-state index contributed by atoms with van der Waals surface area (Å²) in [5.74, 6) is 0. The van der Waals surface area contributed by atoms with Crippen LogP contribution in [0.3, 0.4) is 0 Å². The van der Waals surface area contributed by atoms with E-state index in [1.165, 1.54) is 38.5 Å². The molecule has 1 unspecified atom stereocenters. The molecule has 0 bridgehead atoms. The number of hydrogen-bond donors (Lipinski definition) is 1. The van der Waals surface area contributed by atoms with E-state index in [1.54, 1.807) is 0 Å². The molecule has 0 heterocycles. The van der Waals surface area contributed by atoms with Gasteiger partial charge >= 0.3 is 0 Å². The number of nitrogens with zero attached hydrogens (tertiary/aromatic N) is 2. The molecule has 2 aliphatic rings. The second kappa shape index (κ2) is 4.96. The van der Waals surface area contributed by atoms with Gasteiger partial charge in [-0.2, -0.15) is 5.26 Å². The average Bonchev–Trinajstić information content (AvgIpc) is 2.88.